The van der Waals surface area contributed by atoms with Crippen LogP contribution in [-0.2, 0) is 0 Å². The van der Waals surface area contributed by atoms with E-state index in [1.807, 2.05) is 0 Å². The first-order valence-corrected chi connectivity index (χ1v) is 9.06. The lowest BCUT2D eigenvalue weighted by Gasteiger charge is -2.28. The van der Waals surface area contributed by atoms with Crippen molar-refractivity contribution in [2.24, 2.45) is 23.7 Å². The van der Waals surface area contributed by atoms with Gasteiger partial charge < -0.3 is 0 Å². The molecule has 0 radical (unpaired) electrons. The molecular weight excluding hydrogens is 254 g/mol. The van der Waals surface area contributed by atoms with Crippen LogP contribution in [0, 0.1) is 35.0 Å². The third-order valence-electron chi connectivity index (χ3n) is 5.50. The maximum Gasteiger partial charge on any atom is 0.0908 e. The zero-order valence-electron chi connectivity index (χ0n) is 13.6. The second kappa shape index (κ2) is 9.08. The summed E-state index contributed by atoms with van der Waals surface area (Å²) in [4.78, 5) is 0. The SMILES string of the molecule is CCCC1CCC(C=CC2CCC(C=CC#N)CC2)CC1. The van der Waals surface area contributed by atoms with Crippen LogP contribution in [0.15, 0.2) is 24.3 Å². The van der Waals surface area contributed by atoms with Crippen LogP contribution in [0.5, 0.6) is 0 Å². The van der Waals surface area contributed by atoms with Crippen molar-refractivity contribution in [1.29, 1.82) is 5.26 Å². The van der Waals surface area contributed by atoms with E-state index in [0.29, 0.717) is 5.92 Å². The van der Waals surface area contributed by atoms with Crippen LogP contribution in [0.25, 0.3) is 0 Å². The molecule has 2 saturated carbocycles. The first-order valence-electron chi connectivity index (χ1n) is 9.06. The molecule has 0 aromatic rings. The van der Waals surface area contributed by atoms with E-state index in [9.17, 15) is 0 Å². The highest BCUT2D eigenvalue weighted by Crippen LogP contribution is 2.34. The van der Waals surface area contributed by atoms with Gasteiger partial charge in [-0.3, -0.25) is 0 Å². The van der Waals surface area contributed by atoms with Gasteiger partial charge in [-0.25, -0.2) is 0 Å². The van der Waals surface area contributed by atoms with Gasteiger partial charge in [0.15, 0.2) is 0 Å². The van der Waals surface area contributed by atoms with E-state index in [4.69, 9.17) is 5.26 Å². The molecule has 0 atom stereocenters. The molecule has 116 valence electrons. The van der Waals surface area contributed by atoms with E-state index in [2.05, 4.69) is 31.2 Å². The summed E-state index contributed by atoms with van der Waals surface area (Å²) in [6, 6.07) is 2.11. The van der Waals surface area contributed by atoms with Crippen molar-refractivity contribution in [2.45, 2.75) is 71.1 Å². The lowest BCUT2D eigenvalue weighted by Crippen LogP contribution is -2.14. The average molecular weight is 285 g/mol. The molecule has 0 aliphatic heterocycles. The Bertz CT molecular complexity index is 371. The maximum atomic E-state index is 8.58. The van der Waals surface area contributed by atoms with Crippen LogP contribution in [-0.4, -0.2) is 0 Å². The van der Waals surface area contributed by atoms with Gasteiger partial charge in [0.1, 0.15) is 0 Å². The van der Waals surface area contributed by atoms with Crippen molar-refractivity contribution in [3.8, 4) is 6.07 Å². The van der Waals surface area contributed by atoms with E-state index in [1.165, 1.54) is 64.2 Å². The minimum absolute atomic E-state index is 0.652. The highest BCUT2D eigenvalue weighted by molar-refractivity contribution is 5.05. The quantitative estimate of drug-likeness (QED) is 0.446. The number of nitrogens with zero attached hydrogens (tertiary/aromatic N) is 1. The van der Waals surface area contributed by atoms with Crippen LogP contribution in [0.1, 0.15) is 71.1 Å². The Morgan fingerprint density at radius 1 is 0.810 bits per heavy atom. The Kier molecular flexibility index (Phi) is 7.07. The fraction of sp³-hybridized carbons (Fsp3) is 0.750. The summed E-state index contributed by atoms with van der Waals surface area (Å²) < 4.78 is 0. The largest absolute Gasteiger partial charge is 0.193 e. The summed E-state index contributed by atoms with van der Waals surface area (Å²) >= 11 is 0. The molecule has 0 bridgehead atoms. The number of allylic oxidation sites excluding steroid dienone is 4. The first kappa shape index (κ1) is 16.3. The van der Waals surface area contributed by atoms with Crippen molar-refractivity contribution in [1.82, 2.24) is 0 Å². The number of hydrogen-bond donors (Lipinski definition) is 0. The van der Waals surface area contributed by atoms with Gasteiger partial charge in [0.25, 0.3) is 0 Å². The molecule has 2 rings (SSSR count). The van der Waals surface area contributed by atoms with Crippen molar-refractivity contribution >= 4 is 0 Å². The molecule has 0 N–H and O–H groups in total. The van der Waals surface area contributed by atoms with Gasteiger partial charge in [0, 0.05) is 6.08 Å². The molecule has 2 aliphatic carbocycles. The smallest absolute Gasteiger partial charge is 0.0908 e. The predicted molar refractivity (Wildman–Crippen MR) is 89.7 cm³/mol. The monoisotopic (exact) mass is 285 g/mol. The molecule has 0 unspecified atom stereocenters. The molecule has 1 nitrogen and oxygen atoms in total. The fourth-order valence-corrected chi connectivity index (χ4v) is 4.10. The third-order valence-corrected chi connectivity index (χ3v) is 5.50. The molecule has 0 amide bonds. The van der Waals surface area contributed by atoms with Gasteiger partial charge in [-0.05, 0) is 75.0 Å². The van der Waals surface area contributed by atoms with Crippen molar-refractivity contribution < 1.29 is 0 Å². The lowest BCUT2D eigenvalue weighted by atomic mass is 9.78. The molecule has 2 fully saturated rings. The molecule has 0 spiro atoms. The van der Waals surface area contributed by atoms with Crippen LogP contribution < -0.4 is 0 Å². The van der Waals surface area contributed by atoms with Crippen molar-refractivity contribution in [3.63, 3.8) is 0 Å². The van der Waals surface area contributed by atoms with Crippen LogP contribution in [0.3, 0.4) is 0 Å². The van der Waals surface area contributed by atoms with Crippen LogP contribution in [0.4, 0.5) is 0 Å². The molecular formula is C20H31N. The Morgan fingerprint density at radius 3 is 1.76 bits per heavy atom. The summed E-state index contributed by atoms with van der Waals surface area (Å²) in [5, 5.41) is 8.58. The number of nitriles is 1. The van der Waals surface area contributed by atoms with E-state index in [1.54, 1.807) is 6.08 Å². The third kappa shape index (κ3) is 5.70. The average Bonchev–Trinajstić information content (AvgIpc) is 2.53. The molecule has 2 aliphatic rings. The molecule has 21 heavy (non-hydrogen) atoms. The zero-order chi connectivity index (χ0) is 14.9. The minimum Gasteiger partial charge on any atom is -0.193 e. The number of hydrogen-bond acceptors (Lipinski definition) is 1. The Labute approximate surface area is 131 Å². The van der Waals surface area contributed by atoms with E-state index in [0.717, 1.165) is 17.8 Å². The molecule has 0 aromatic heterocycles. The summed E-state index contributed by atoms with van der Waals surface area (Å²) in [6.45, 7) is 2.31. The van der Waals surface area contributed by atoms with Gasteiger partial charge in [-0.2, -0.15) is 5.26 Å². The van der Waals surface area contributed by atoms with Crippen LogP contribution >= 0.6 is 0 Å². The van der Waals surface area contributed by atoms with E-state index < -0.39 is 0 Å². The second-order valence-electron chi connectivity index (χ2n) is 7.12. The predicted octanol–water partition coefficient (Wildman–Crippen LogP) is 6.04. The molecule has 0 heterocycles. The van der Waals surface area contributed by atoms with Gasteiger partial charge >= 0.3 is 0 Å². The Hall–Kier alpha value is -1.03. The summed E-state index contributed by atoms with van der Waals surface area (Å²) in [7, 11) is 0. The fourth-order valence-electron chi connectivity index (χ4n) is 4.10. The van der Waals surface area contributed by atoms with Gasteiger partial charge in [0.05, 0.1) is 6.07 Å². The molecule has 0 aromatic carbocycles. The highest BCUT2D eigenvalue weighted by Gasteiger charge is 2.20. The zero-order valence-corrected chi connectivity index (χ0v) is 13.6. The summed E-state index contributed by atoms with van der Waals surface area (Å²) in [5.41, 5.74) is 0. The summed E-state index contributed by atoms with van der Waals surface area (Å²) in [5.74, 6) is 3.32. The normalized spacial score (nSPS) is 34.3. The summed E-state index contributed by atoms with van der Waals surface area (Å²) in [6.07, 6.45) is 22.5. The van der Waals surface area contributed by atoms with Crippen molar-refractivity contribution in [3.05, 3.63) is 24.3 Å². The van der Waals surface area contributed by atoms with E-state index >= 15 is 0 Å². The van der Waals surface area contributed by atoms with Gasteiger partial charge in [-0.1, -0.05) is 38.0 Å². The minimum atomic E-state index is 0.652. The van der Waals surface area contributed by atoms with Gasteiger partial charge in [0.2, 0.25) is 0 Å². The van der Waals surface area contributed by atoms with E-state index in [-0.39, 0.29) is 0 Å². The lowest BCUT2D eigenvalue weighted by molar-refractivity contribution is 0.292. The number of rotatable bonds is 5. The Morgan fingerprint density at radius 2 is 1.29 bits per heavy atom. The maximum absolute atomic E-state index is 8.58. The van der Waals surface area contributed by atoms with Crippen LogP contribution in [0.2, 0.25) is 0 Å². The van der Waals surface area contributed by atoms with Gasteiger partial charge in [-0.15, -0.1) is 0 Å². The highest BCUT2D eigenvalue weighted by atomic mass is 14.3. The Balaban J connectivity index is 1.67. The van der Waals surface area contributed by atoms with Crippen molar-refractivity contribution in [2.75, 3.05) is 0 Å². The first-order chi connectivity index (χ1) is 10.3. The standard InChI is InChI=1S/C20H31N/c1-2-4-17-6-10-19(11-7-17)14-15-20-12-8-18(9-13-20)5-3-16-21/h3,5,14-15,17-20H,2,4,6-13H2,1H3. The second-order valence-corrected chi connectivity index (χ2v) is 7.12. The topological polar surface area (TPSA) is 23.8 Å². The molecule has 0 saturated heterocycles. The molecule has 1 heteroatoms.